The lowest BCUT2D eigenvalue weighted by molar-refractivity contribution is -0.122. The minimum Gasteiger partial charge on any atom is -0.497 e. The van der Waals surface area contributed by atoms with Crippen molar-refractivity contribution >= 4 is 29.2 Å². The Morgan fingerprint density at radius 3 is 2.63 bits per heavy atom. The number of nitrogens with one attached hydrogen (secondary N) is 1. The fourth-order valence-electron chi connectivity index (χ4n) is 3.00. The van der Waals surface area contributed by atoms with Crippen LogP contribution in [0.3, 0.4) is 0 Å². The summed E-state index contributed by atoms with van der Waals surface area (Å²) in [5.74, 6) is -0.702. The number of methoxy groups -OCH3 is 2. The number of rotatable bonds is 5. The van der Waals surface area contributed by atoms with Crippen molar-refractivity contribution in [2.24, 2.45) is 5.92 Å². The molecule has 140 valence electrons. The van der Waals surface area contributed by atoms with E-state index in [2.05, 4.69) is 10.1 Å². The number of carbonyl (C=O) groups excluding carboxylic acids is 3. The second-order valence-corrected chi connectivity index (χ2v) is 6.17. The topological polar surface area (TPSA) is 84.9 Å². The van der Waals surface area contributed by atoms with Gasteiger partial charge in [0.15, 0.2) is 0 Å². The summed E-state index contributed by atoms with van der Waals surface area (Å²) < 4.78 is 9.87. The second kappa shape index (κ2) is 7.90. The molecule has 7 heteroatoms. The highest BCUT2D eigenvalue weighted by Gasteiger charge is 2.35. The molecule has 0 aliphatic carbocycles. The van der Waals surface area contributed by atoms with E-state index in [1.54, 1.807) is 60.5 Å². The van der Waals surface area contributed by atoms with Gasteiger partial charge in [-0.25, -0.2) is 4.79 Å². The van der Waals surface area contributed by atoms with E-state index in [0.717, 1.165) is 0 Å². The van der Waals surface area contributed by atoms with Crippen molar-refractivity contribution in [3.05, 3.63) is 54.1 Å². The van der Waals surface area contributed by atoms with E-state index in [1.165, 1.54) is 7.11 Å². The summed E-state index contributed by atoms with van der Waals surface area (Å²) in [6.07, 6.45) is 0.125. The SMILES string of the molecule is COC(=O)c1cccc(NC(=O)C2CC(=O)N(c3cccc(OC)c3)C2)c1. The van der Waals surface area contributed by atoms with Gasteiger partial charge in [-0.3, -0.25) is 9.59 Å². The van der Waals surface area contributed by atoms with Gasteiger partial charge in [0, 0.05) is 30.4 Å². The van der Waals surface area contributed by atoms with Crippen molar-refractivity contribution in [3.8, 4) is 5.75 Å². The third-order valence-electron chi connectivity index (χ3n) is 4.41. The molecule has 1 saturated heterocycles. The van der Waals surface area contributed by atoms with Crippen LogP contribution in [0.15, 0.2) is 48.5 Å². The van der Waals surface area contributed by atoms with Crippen LogP contribution in [-0.2, 0) is 14.3 Å². The van der Waals surface area contributed by atoms with Gasteiger partial charge in [0.25, 0.3) is 0 Å². The number of esters is 1. The molecule has 2 aromatic rings. The van der Waals surface area contributed by atoms with Crippen LogP contribution in [0.2, 0.25) is 0 Å². The first-order chi connectivity index (χ1) is 13.0. The number of hydrogen-bond acceptors (Lipinski definition) is 5. The van der Waals surface area contributed by atoms with E-state index in [9.17, 15) is 14.4 Å². The van der Waals surface area contributed by atoms with Crippen molar-refractivity contribution in [1.82, 2.24) is 0 Å². The first-order valence-electron chi connectivity index (χ1n) is 8.45. The van der Waals surface area contributed by atoms with Crippen LogP contribution in [0.1, 0.15) is 16.8 Å². The Balaban J connectivity index is 1.70. The van der Waals surface area contributed by atoms with E-state index in [4.69, 9.17) is 4.74 Å². The number of amides is 2. The highest BCUT2D eigenvalue weighted by atomic mass is 16.5. The molecule has 1 N–H and O–H groups in total. The third kappa shape index (κ3) is 4.08. The molecule has 2 aromatic carbocycles. The van der Waals surface area contributed by atoms with Crippen molar-refractivity contribution in [2.75, 3.05) is 31.0 Å². The molecule has 0 saturated carbocycles. The highest BCUT2D eigenvalue weighted by Crippen LogP contribution is 2.28. The van der Waals surface area contributed by atoms with E-state index < -0.39 is 11.9 Å². The summed E-state index contributed by atoms with van der Waals surface area (Å²) in [5.41, 5.74) is 1.52. The number of anilines is 2. The van der Waals surface area contributed by atoms with Crippen LogP contribution < -0.4 is 15.0 Å². The molecule has 27 heavy (non-hydrogen) atoms. The minimum absolute atomic E-state index is 0.119. The quantitative estimate of drug-likeness (QED) is 0.820. The lowest BCUT2D eigenvalue weighted by Gasteiger charge is -2.17. The molecule has 0 aromatic heterocycles. The van der Waals surface area contributed by atoms with Gasteiger partial charge in [-0.15, -0.1) is 0 Å². The number of ether oxygens (including phenoxy) is 2. The zero-order valence-corrected chi connectivity index (χ0v) is 15.1. The fraction of sp³-hybridized carbons (Fsp3) is 0.250. The monoisotopic (exact) mass is 368 g/mol. The first-order valence-corrected chi connectivity index (χ1v) is 8.45. The van der Waals surface area contributed by atoms with E-state index in [0.29, 0.717) is 22.7 Å². The molecule has 0 radical (unpaired) electrons. The smallest absolute Gasteiger partial charge is 0.337 e. The zero-order chi connectivity index (χ0) is 19.4. The van der Waals surface area contributed by atoms with E-state index in [-0.39, 0.29) is 24.8 Å². The van der Waals surface area contributed by atoms with Crippen LogP contribution in [0, 0.1) is 5.92 Å². The van der Waals surface area contributed by atoms with Crippen LogP contribution in [0.4, 0.5) is 11.4 Å². The van der Waals surface area contributed by atoms with Crippen molar-refractivity contribution in [1.29, 1.82) is 0 Å². The number of hydrogen-bond donors (Lipinski definition) is 1. The molecule has 1 unspecified atom stereocenters. The largest absolute Gasteiger partial charge is 0.497 e. The molecule has 1 fully saturated rings. The Morgan fingerprint density at radius 1 is 1.11 bits per heavy atom. The maximum Gasteiger partial charge on any atom is 0.337 e. The molecular weight excluding hydrogens is 348 g/mol. The van der Waals surface area contributed by atoms with Gasteiger partial charge in [0.1, 0.15) is 5.75 Å². The molecule has 0 spiro atoms. The molecular formula is C20H20N2O5. The van der Waals surface area contributed by atoms with Gasteiger partial charge < -0.3 is 19.7 Å². The van der Waals surface area contributed by atoms with Crippen LogP contribution in [-0.4, -0.2) is 38.5 Å². The molecule has 7 nitrogen and oxygen atoms in total. The highest BCUT2D eigenvalue weighted by molar-refractivity contribution is 6.04. The summed E-state index contributed by atoms with van der Waals surface area (Å²) in [5, 5.41) is 2.77. The van der Waals surface area contributed by atoms with Gasteiger partial charge in [-0.1, -0.05) is 12.1 Å². The summed E-state index contributed by atoms with van der Waals surface area (Å²) in [6.45, 7) is 0.286. The molecule has 1 heterocycles. The Hall–Kier alpha value is -3.35. The predicted octanol–water partition coefficient (Wildman–Crippen LogP) is 2.47. The Bertz CT molecular complexity index is 880. The van der Waals surface area contributed by atoms with Gasteiger partial charge >= 0.3 is 5.97 Å². The zero-order valence-electron chi connectivity index (χ0n) is 15.1. The molecule has 2 amide bonds. The standard InChI is InChI=1S/C20H20N2O5/c1-26-17-8-4-7-16(11-17)22-12-14(10-18(22)23)19(24)21-15-6-3-5-13(9-15)20(25)27-2/h3-9,11,14H,10,12H2,1-2H3,(H,21,24). The molecule has 1 aliphatic heterocycles. The van der Waals surface area contributed by atoms with Crippen molar-refractivity contribution in [2.45, 2.75) is 6.42 Å². The molecule has 1 aliphatic rings. The summed E-state index contributed by atoms with van der Waals surface area (Å²) >= 11 is 0. The van der Waals surface area contributed by atoms with Crippen LogP contribution >= 0.6 is 0 Å². The lowest BCUT2D eigenvalue weighted by atomic mass is 10.1. The summed E-state index contributed by atoms with van der Waals surface area (Å²) in [4.78, 5) is 38.1. The number of nitrogens with zero attached hydrogens (tertiary/aromatic N) is 1. The average molecular weight is 368 g/mol. The second-order valence-electron chi connectivity index (χ2n) is 6.17. The Morgan fingerprint density at radius 2 is 1.89 bits per heavy atom. The number of benzene rings is 2. The van der Waals surface area contributed by atoms with E-state index >= 15 is 0 Å². The Kier molecular flexibility index (Phi) is 5.40. The molecule has 0 bridgehead atoms. The molecule has 1 atom stereocenters. The van der Waals surface area contributed by atoms with Crippen LogP contribution in [0.5, 0.6) is 5.75 Å². The lowest BCUT2D eigenvalue weighted by Crippen LogP contribution is -2.28. The summed E-state index contributed by atoms with van der Waals surface area (Å²) in [6, 6.07) is 13.6. The van der Waals surface area contributed by atoms with Crippen molar-refractivity contribution in [3.63, 3.8) is 0 Å². The Labute approximate surface area is 156 Å². The van der Waals surface area contributed by atoms with Gasteiger partial charge in [0.05, 0.1) is 25.7 Å². The maximum absolute atomic E-state index is 12.6. The number of carbonyl (C=O) groups is 3. The predicted molar refractivity (Wildman–Crippen MR) is 99.9 cm³/mol. The minimum atomic E-state index is -0.481. The van der Waals surface area contributed by atoms with Crippen LogP contribution in [0.25, 0.3) is 0 Å². The summed E-state index contributed by atoms with van der Waals surface area (Å²) in [7, 11) is 2.86. The van der Waals surface area contributed by atoms with E-state index in [1.807, 2.05) is 0 Å². The normalized spacial score (nSPS) is 16.1. The first kappa shape index (κ1) is 18.4. The van der Waals surface area contributed by atoms with Gasteiger partial charge in [-0.2, -0.15) is 0 Å². The fourth-order valence-corrected chi connectivity index (χ4v) is 3.00. The maximum atomic E-state index is 12.6. The van der Waals surface area contributed by atoms with Crippen molar-refractivity contribution < 1.29 is 23.9 Å². The van der Waals surface area contributed by atoms with Gasteiger partial charge in [0.2, 0.25) is 11.8 Å². The third-order valence-corrected chi connectivity index (χ3v) is 4.41. The molecule has 3 rings (SSSR count). The van der Waals surface area contributed by atoms with Gasteiger partial charge in [-0.05, 0) is 30.3 Å². The average Bonchev–Trinajstić information content (AvgIpc) is 3.09.